The lowest BCUT2D eigenvalue weighted by Crippen LogP contribution is -2.20. The molecule has 0 unspecified atom stereocenters. The van der Waals surface area contributed by atoms with E-state index >= 15 is 4.39 Å². The van der Waals surface area contributed by atoms with Crippen LogP contribution in [-0.2, 0) is 6.42 Å². The lowest BCUT2D eigenvalue weighted by Gasteiger charge is -2.15. The van der Waals surface area contributed by atoms with Gasteiger partial charge in [-0.15, -0.1) is 0 Å². The summed E-state index contributed by atoms with van der Waals surface area (Å²) in [6, 6.07) is 4.91. The first-order valence-electron chi connectivity index (χ1n) is 9.67. The number of aromatic hydroxyl groups is 1. The van der Waals surface area contributed by atoms with E-state index in [2.05, 4.69) is 15.0 Å². The lowest BCUT2D eigenvalue weighted by atomic mass is 9.94. The molecule has 0 aliphatic carbocycles. The summed E-state index contributed by atoms with van der Waals surface area (Å²) in [6.45, 7) is 0.0585. The Morgan fingerprint density at radius 2 is 1.85 bits per heavy atom. The largest absolute Gasteiger partial charge is 0.508 e. The van der Waals surface area contributed by atoms with Crippen LogP contribution < -0.4 is 9.47 Å². The molecular formula is C22H16F5N3O3. The minimum atomic E-state index is -4.66. The molecule has 0 spiro atoms. The third-order valence-corrected chi connectivity index (χ3v) is 4.95. The van der Waals surface area contributed by atoms with Gasteiger partial charge in [0.1, 0.15) is 22.8 Å². The summed E-state index contributed by atoms with van der Waals surface area (Å²) >= 11 is 0. The molecule has 11 heteroatoms. The maximum atomic E-state index is 15.7. The van der Waals surface area contributed by atoms with E-state index in [0.29, 0.717) is 16.3 Å². The van der Waals surface area contributed by atoms with Crippen molar-refractivity contribution in [3.8, 4) is 28.9 Å². The van der Waals surface area contributed by atoms with Crippen molar-refractivity contribution in [1.82, 2.24) is 15.0 Å². The van der Waals surface area contributed by atoms with Crippen molar-refractivity contribution in [2.75, 3.05) is 13.7 Å². The van der Waals surface area contributed by atoms with E-state index in [0.717, 1.165) is 13.3 Å². The molecule has 6 nitrogen and oxygen atoms in total. The number of alkyl halides is 3. The topological polar surface area (TPSA) is 77.4 Å². The first-order valence-corrected chi connectivity index (χ1v) is 9.67. The molecule has 0 fully saturated rings. The Labute approximate surface area is 183 Å². The zero-order chi connectivity index (χ0) is 23.9. The monoisotopic (exact) mass is 465 g/mol. The van der Waals surface area contributed by atoms with Gasteiger partial charge in [0.15, 0.2) is 12.4 Å². The molecule has 2 aromatic carbocycles. The van der Waals surface area contributed by atoms with Crippen LogP contribution in [0.3, 0.4) is 0 Å². The van der Waals surface area contributed by atoms with Crippen molar-refractivity contribution in [3.63, 3.8) is 0 Å². The average molecular weight is 465 g/mol. The smallest absolute Gasteiger partial charge is 0.422 e. The Hall–Kier alpha value is -3.76. The van der Waals surface area contributed by atoms with Gasteiger partial charge in [-0.3, -0.25) is 4.98 Å². The van der Waals surface area contributed by atoms with Crippen molar-refractivity contribution in [3.05, 3.63) is 47.7 Å². The van der Waals surface area contributed by atoms with Crippen LogP contribution in [0.4, 0.5) is 22.0 Å². The number of fused-ring (bicyclic) bond motifs is 2. The normalized spacial score (nSPS) is 11.8. The maximum absolute atomic E-state index is 15.7. The molecule has 172 valence electrons. The molecule has 0 aliphatic heterocycles. The first kappa shape index (κ1) is 22.4. The van der Waals surface area contributed by atoms with Crippen molar-refractivity contribution in [1.29, 1.82) is 0 Å². The highest BCUT2D eigenvalue weighted by Gasteiger charge is 2.30. The van der Waals surface area contributed by atoms with Crippen LogP contribution in [0.2, 0.25) is 0 Å². The van der Waals surface area contributed by atoms with E-state index in [1.807, 2.05) is 0 Å². The Balaban J connectivity index is 2.00. The highest BCUT2D eigenvalue weighted by atomic mass is 19.4. The fraction of sp³-hybridized carbons (Fsp3) is 0.227. The Morgan fingerprint density at radius 1 is 1.09 bits per heavy atom. The second-order valence-corrected chi connectivity index (χ2v) is 7.07. The zero-order valence-corrected chi connectivity index (χ0v) is 17.3. The number of pyridine rings is 1. The van der Waals surface area contributed by atoms with Gasteiger partial charge in [-0.2, -0.15) is 23.1 Å². The molecule has 2 heterocycles. The van der Waals surface area contributed by atoms with Crippen LogP contribution in [0, 0.1) is 11.6 Å². The molecule has 0 radical (unpaired) electrons. The van der Waals surface area contributed by atoms with Crippen LogP contribution in [0.1, 0.15) is 12.5 Å². The predicted octanol–water partition coefficient (Wildman–Crippen LogP) is 5.34. The fourth-order valence-corrected chi connectivity index (χ4v) is 3.58. The SMILES string of the molecule is CCc1c(F)ccc2cc(O)cc(-c3ncc4c(OCC(F)(F)F)nc(OC)nc4c3F)c12. The average Bonchev–Trinajstić information content (AvgIpc) is 2.77. The number of benzene rings is 2. The van der Waals surface area contributed by atoms with Crippen molar-refractivity contribution >= 4 is 21.7 Å². The molecular weight excluding hydrogens is 449 g/mol. The van der Waals surface area contributed by atoms with Gasteiger partial charge in [0.2, 0.25) is 5.88 Å². The molecule has 2 aromatic heterocycles. The zero-order valence-electron chi connectivity index (χ0n) is 17.3. The summed E-state index contributed by atoms with van der Waals surface area (Å²) in [7, 11) is 1.16. The maximum Gasteiger partial charge on any atom is 0.422 e. The number of nitrogens with zero attached hydrogens (tertiary/aromatic N) is 3. The van der Waals surface area contributed by atoms with Gasteiger partial charge in [0.25, 0.3) is 0 Å². The number of phenolic OH excluding ortho intramolecular Hbond substituents is 1. The number of methoxy groups -OCH3 is 1. The minimum Gasteiger partial charge on any atom is -0.508 e. The van der Waals surface area contributed by atoms with Crippen molar-refractivity contribution in [2.24, 2.45) is 0 Å². The van der Waals surface area contributed by atoms with Crippen molar-refractivity contribution in [2.45, 2.75) is 19.5 Å². The van der Waals surface area contributed by atoms with Gasteiger partial charge in [0.05, 0.1) is 12.5 Å². The van der Waals surface area contributed by atoms with Crippen LogP contribution in [0.15, 0.2) is 30.5 Å². The molecule has 0 aliphatic rings. The summed E-state index contributed by atoms with van der Waals surface area (Å²) < 4.78 is 77.6. The summed E-state index contributed by atoms with van der Waals surface area (Å²) in [5.74, 6) is -2.30. The second kappa shape index (κ2) is 8.30. The highest BCUT2D eigenvalue weighted by Crippen LogP contribution is 2.38. The van der Waals surface area contributed by atoms with E-state index in [9.17, 15) is 22.7 Å². The summed E-state index contributed by atoms with van der Waals surface area (Å²) in [5, 5.41) is 10.8. The van der Waals surface area contributed by atoms with Gasteiger partial charge in [-0.25, -0.2) is 8.78 Å². The van der Waals surface area contributed by atoms with E-state index in [1.165, 1.54) is 24.3 Å². The standard InChI is InChI=1S/C22H16F5N3O3/c1-3-12-15(23)5-4-10-6-11(31)7-13(16(10)12)18-17(24)19-14(8-28-18)20(30-21(29-19)32-2)33-9-22(25,26)27/h4-8,31H,3,9H2,1-2H3. The quantitative estimate of drug-likeness (QED) is 0.401. The molecule has 0 amide bonds. The molecule has 4 aromatic rings. The van der Waals surface area contributed by atoms with Gasteiger partial charge < -0.3 is 14.6 Å². The Morgan fingerprint density at radius 3 is 2.52 bits per heavy atom. The molecule has 33 heavy (non-hydrogen) atoms. The van der Waals surface area contributed by atoms with E-state index in [4.69, 9.17) is 9.47 Å². The van der Waals surface area contributed by atoms with Crippen LogP contribution >= 0.6 is 0 Å². The predicted molar refractivity (Wildman–Crippen MR) is 109 cm³/mol. The number of hydrogen-bond acceptors (Lipinski definition) is 6. The second-order valence-electron chi connectivity index (χ2n) is 7.07. The van der Waals surface area contributed by atoms with Crippen LogP contribution in [0.25, 0.3) is 32.9 Å². The number of halogens is 5. The molecule has 1 N–H and O–H groups in total. The summed E-state index contributed by atoms with van der Waals surface area (Å²) in [4.78, 5) is 11.7. The summed E-state index contributed by atoms with van der Waals surface area (Å²) in [6.07, 6.45) is -3.32. The Kier molecular flexibility index (Phi) is 5.64. The molecule has 4 rings (SSSR count). The number of phenols is 1. The number of aryl methyl sites for hydroxylation is 1. The van der Waals surface area contributed by atoms with Crippen LogP contribution in [-0.4, -0.2) is 40.0 Å². The van der Waals surface area contributed by atoms with Crippen molar-refractivity contribution < 1.29 is 36.5 Å². The van der Waals surface area contributed by atoms with Gasteiger partial charge in [-0.1, -0.05) is 13.0 Å². The Bertz CT molecular complexity index is 1380. The van der Waals surface area contributed by atoms with Gasteiger partial charge in [0, 0.05) is 11.8 Å². The molecule has 0 bridgehead atoms. The molecule has 0 atom stereocenters. The fourth-order valence-electron chi connectivity index (χ4n) is 3.58. The van der Waals surface area contributed by atoms with Gasteiger partial charge in [-0.05, 0) is 41.0 Å². The van der Waals surface area contributed by atoms with E-state index in [1.54, 1.807) is 6.92 Å². The summed E-state index contributed by atoms with van der Waals surface area (Å²) in [5.41, 5.74) is -0.310. The van der Waals surface area contributed by atoms with E-state index in [-0.39, 0.29) is 28.8 Å². The first-order chi connectivity index (χ1) is 15.6. The third-order valence-electron chi connectivity index (χ3n) is 4.95. The van der Waals surface area contributed by atoms with Gasteiger partial charge >= 0.3 is 12.2 Å². The van der Waals surface area contributed by atoms with Crippen LogP contribution in [0.5, 0.6) is 17.6 Å². The number of rotatable bonds is 5. The highest BCUT2D eigenvalue weighted by molar-refractivity contribution is 6.01. The molecule has 0 saturated carbocycles. The number of hydrogen-bond donors (Lipinski definition) is 1. The lowest BCUT2D eigenvalue weighted by molar-refractivity contribution is -0.153. The third kappa shape index (κ3) is 4.18. The minimum absolute atomic E-state index is 0.0936. The van der Waals surface area contributed by atoms with E-state index < -0.39 is 41.8 Å². The number of aromatic nitrogens is 3. The number of ether oxygens (including phenoxy) is 2. The molecule has 0 saturated heterocycles.